The number of aliphatic hydroxyl groups excluding tert-OH is 1. The van der Waals surface area contributed by atoms with Gasteiger partial charge < -0.3 is 14.7 Å². The first-order valence-corrected chi connectivity index (χ1v) is 8.48. The molecule has 0 aliphatic carbocycles. The number of aromatic nitrogens is 2. The summed E-state index contributed by atoms with van der Waals surface area (Å²) in [6, 6.07) is 5.98. The topological polar surface area (TPSA) is 67.6 Å². The molecular formula is C18H20F3N3O3. The van der Waals surface area contributed by atoms with E-state index in [2.05, 4.69) is 5.10 Å². The highest BCUT2D eigenvalue weighted by Crippen LogP contribution is 2.34. The summed E-state index contributed by atoms with van der Waals surface area (Å²) in [5.41, 5.74) is -0.521. The Balaban J connectivity index is 2.02. The molecule has 1 aromatic heterocycles. The molecule has 2 atom stereocenters. The van der Waals surface area contributed by atoms with Crippen LogP contribution in [0.5, 0.6) is 0 Å². The number of aryl methyl sites for hydroxylation is 1. The van der Waals surface area contributed by atoms with Crippen LogP contribution in [0.25, 0.3) is 5.69 Å². The van der Waals surface area contributed by atoms with Crippen LogP contribution in [-0.2, 0) is 10.9 Å². The lowest BCUT2D eigenvalue weighted by atomic mass is 10.1. The summed E-state index contributed by atoms with van der Waals surface area (Å²) >= 11 is 0. The monoisotopic (exact) mass is 383 g/mol. The van der Waals surface area contributed by atoms with Gasteiger partial charge in [-0.2, -0.15) is 18.3 Å². The van der Waals surface area contributed by atoms with Crippen LogP contribution in [0.4, 0.5) is 13.2 Å². The Hall–Kier alpha value is -2.39. The molecule has 1 aromatic carbocycles. The molecule has 146 valence electrons. The Morgan fingerprint density at radius 2 is 2.00 bits per heavy atom. The minimum absolute atomic E-state index is 0.0174. The summed E-state index contributed by atoms with van der Waals surface area (Å²) in [5.74, 6) is -0.782. The smallest absolute Gasteiger partial charge is 0.394 e. The zero-order chi connectivity index (χ0) is 19.8. The molecule has 1 saturated heterocycles. The van der Waals surface area contributed by atoms with Crippen molar-refractivity contribution in [1.29, 1.82) is 0 Å². The maximum absolute atomic E-state index is 13.8. The lowest BCUT2D eigenvalue weighted by Crippen LogP contribution is -2.52. The molecule has 0 unspecified atom stereocenters. The number of carbonyl (C=O) groups excluding carboxylic acids is 1. The van der Waals surface area contributed by atoms with E-state index in [1.165, 1.54) is 17.0 Å². The van der Waals surface area contributed by atoms with Crippen molar-refractivity contribution in [3.8, 4) is 5.69 Å². The summed E-state index contributed by atoms with van der Waals surface area (Å²) in [6.45, 7) is 3.35. The van der Waals surface area contributed by atoms with E-state index in [4.69, 9.17) is 4.74 Å². The molecule has 1 aliphatic heterocycles. The first-order chi connectivity index (χ1) is 12.7. The van der Waals surface area contributed by atoms with Crippen LogP contribution >= 0.6 is 0 Å². The van der Waals surface area contributed by atoms with Gasteiger partial charge in [-0.25, -0.2) is 4.68 Å². The Labute approximate surface area is 154 Å². The molecule has 2 aromatic rings. The summed E-state index contributed by atoms with van der Waals surface area (Å²) in [6.07, 6.45) is -4.44. The van der Waals surface area contributed by atoms with Crippen molar-refractivity contribution in [2.75, 3.05) is 19.8 Å². The quantitative estimate of drug-likeness (QED) is 0.884. The van der Waals surface area contributed by atoms with E-state index >= 15 is 0 Å². The van der Waals surface area contributed by atoms with Crippen molar-refractivity contribution in [1.82, 2.24) is 14.7 Å². The van der Waals surface area contributed by atoms with E-state index in [9.17, 15) is 23.1 Å². The van der Waals surface area contributed by atoms with Gasteiger partial charge in [0.1, 0.15) is 0 Å². The van der Waals surface area contributed by atoms with Gasteiger partial charge in [-0.3, -0.25) is 4.79 Å². The van der Waals surface area contributed by atoms with Crippen LogP contribution in [0.2, 0.25) is 0 Å². The first-order valence-electron chi connectivity index (χ1n) is 8.48. The average molecular weight is 383 g/mol. The Morgan fingerprint density at radius 1 is 1.33 bits per heavy atom. The van der Waals surface area contributed by atoms with Crippen molar-refractivity contribution in [2.45, 2.75) is 32.2 Å². The lowest BCUT2D eigenvalue weighted by molar-refractivity contribution is -0.143. The molecule has 1 amide bonds. The van der Waals surface area contributed by atoms with E-state index in [-0.39, 0.29) is 25.4 Å². The van der Waals surface area contributed by atoms with E-state index in [0.29, 0.717) is 0 Å². The maximum atomic E-state index is 13.8. The molecular weight excluding hydrogens is 363 g/mol. The number of hydrogen-bond donors (Lipinski definition) is 1. The second-order valence-electron chi connectivity index (χ2n) is 6.60. The molecule has 0 spiro atoms. The lowest BCUT2D eigenvalue weighted by Gasteiger charge is -2.37. The minimum atomic E-state index is -4.77. The van der Waals surface area contributed by atoms with Crippen molar-refractivity contribution < 1.29 is 27.8 Å². The van der Waals surface area contributed by atoms with E-state index in [1.54, 1.807) is 19.1 Å². The zero-order valence-corrected chi connectivity index (χ0v) is 14.9. The van der Waals surface area contributed by atoms with Crippen molar-refractivity contribution in [2.24, 2.45) is 0 Å². The Morgan fingerprint density at radius 3 is 2.59 bits per heavy atom. The number of halogens is 3. The molecule has 27 heavy (non-hydrogen) atoms. The number of rotatable bonds is 3. The number of carbonyl (C=O) groups is 1. The van der Waals surface area contributed by atoms with Gasteiger partial charge in [0.2, 0.25) is 0 Å². The van der Waals surface area contributed by atoms with E-state index in [0.717, 1.165) is 16.4 Å². The van der Waals surface area contributed by atoms with Crippen LogP contribution in [-0.4, -0.2) is 57.6 Å². The molecule has 6 nitrogen and oxygen atoms in total. The second kappa shape index (κ2) is 7.32. The highest BCUT2D eigenvalue weighted by Gasteiger charge is 2.42. The van der Waals surface area contributed by atoms with Gasteiger partial charge in [0.05, 0.1) is 42.8 Å². The molecule has 1 N–H and O–H groups in total. The van der Waals surface area contributed by atoms with Gasteiger partial charge in [0.15, 0.2) is 5.69 Å². The number of hydrogen-bond acceptors (Lipinski definition) is 4. The van der Waals surface area contributed by atoms with Crippen molar-refractivity contribution in [3.63, 3.8) is 0 Å². The fourth-order valence-electron chi connectivity index (χ4n) is 3.03. The summed E-state index contributed by atoms with van der Waals surface area (Å²) in [5, 5.41) is 13.1. The molecule has 9 heteroatoms. The number of morpholine rings is 1. The molecule has 1 aliphatic rings. The minimum Gasteiger partial charge on any atom is -0.394 e. The van der Waals surface area contributed by atoms with E-state index < -0.39 is 35.5 Å². The number of amides is 1. The van der Waals surface area contributed by atoms with Gasteiger partial charge in [-0.05, 0) is 26.0 Å². The number of ether oxygens (including phenoxy) is 1. The summed E-state index contributed by atoms with van der Waals surface area (Å²) in [7, 11) is 0. The molecule has 3 rings (SSSR count). The Bertz CT molecular complexity index is 817. The van der Waals surface area contributed by atoms with Crippen LogP contribution in [0.3, 0.4) is 0 Å². The van der Waals surface area contributed by atoms with Gasteiger partial charge in [0, 0.05) is 6.54 Å². The molecule has 0 bridgehead atoms. The van der Waals surface area contributed by atoms with Crippen molar-refractivity contribution in [3.05, 3.63) is 47.3 Å². The molecule has 0 saturated carbocycles. The third-order valence-corrected chi connectivity index (χ3v) is 4.52. The summed E-state index contributed by atoms with van der Waals surface area (Å²) in [4.78, 5) is 14.2. The fourth-order valence-corrected chi connectivity index (χ4v) is 3.03. The van der Waals surface area contributed by atoms with Crippen LogP contribution < -0.4 is 0 Å². The number of alkyl halides is 3. The van der Waals surface area contributed by atoms with Gasteiger partial charge >= 0.3 is 6.18 Å². The van der Waals surface area contributed by atoms with Crippen LogP contribution in [0.15, 0.2) is 30.5 Å². The second-order valence-corrected chi connectivity index (χ2v) is 6.60. The van der Waals surface area contributed by atoms with Crippen LogP contribution in [0, 0.1) is 6.92 Å². The fraction of sp³-hybridized carbons (Fsp3) is 0.444. The van der Waals surface area contributed by atoms with Crippen LogP contribution in [0.1, 0.15) is 28.5 Å². The van der Waals surface area contributed by atoms with Gasteiger partial charge in [-0.1, -0.05) is 17.7 Å². The normalized spacial score (nSPS) is 20.7. The van der Waals surface area contributed by atoms with E-state index in [1.807, 2.05) is 6.92 Å². The summed E-state index contributed by atoms with van der Waals surface area (Å²) < 4.78 is 47.4. The predicted molar refractivity (Wildman–Crippen MR) is 90.6 cm³/mol. The third-order valence-electron chi connectivity index (χ3n) is 4.52. The van der Waals surface area contributed by atoms with Gasteiger partial charge in [0.25, 0.3) is 5.91 Å². The highest BCUT2D eigenvalue weighted by atomic mass is 19.4. The number of nitrogens with zero attached hydrogens (tertiary/aromatic N) is 3. The molecule has 1 fully saturated rings. The molecule has 2 heterocycles. The SMILES string of the molecule is Cc1ccc(-n2ncc(C(=O)N3C[C@@H](CO)OC[C@@H]3C)c2C(F)(F)F)cc1. The van der Waals surface area contributed by atoms with Crippen molar-refractivity contribution >= 4 is 5.91 Å². The largest absolute Gasteiger partial charge is 0.434 e. The first kappa shape index (κ1) is 19.4. The Kier molecular flexibility index (Phi) is 5.25. The molecule has 0 radical (unpaired) electrons. The number of benzene rings is 1. The third kappa shape index (κ3) is 3.84. The highest BCUT2D eigenvalue weighted by molar-refractivity contribution is 5.95. The zero-order valence-electron chi connectivity index (χ0n) is 14.9. The van der Waals surface area contributed by atoms with Gasteiger partial charge in [-0.15, -0.1) is 0 Å². The average Bonchev–Trinajstić information content (AvgIpc) is 3.08. The maximum Gasteiger partial charge on any atom is 0.434 e. The predicted octanol–water partition coefficient (Wildman–Crippen LogP) is 2.42. The standard InChI is InChI=1S/C18H20F3N3O3/c1-11-3-5-13(6-4-11)24-16(18(19,20)21)15(7-22-24)17(26)23-8-14(9-25)27-10-12(23)2/h3-7,12,14,25H,8-10H2,1-2H3/t12-,14-/m0/s1. The number of aliphatic hydroxyl groups is 1.